The van der Waals surface area contributed by atoms with Crippen LogP contribution in [-0.2, 0) is 7.05 Å². The average Bonchev–Trinajstić information content (AvgIpc) is 2.69. The number of amides is 1. The average molecular weight is 299 g/mol. The molecule has 1 aromatic carbocycles. The van der Waals surface area contributed by atoms with Crippen LogP contribution in [0.2, 0.25) is 0 Å². The molecule has 2 rings (SSSR count). The van der Waals surface area contributed by atoms with Crippen LogP contribution in [-0.4, -0.2) is 22.1 Å². The molecule has 8 heteroatoms. The second-order valence-electron chi connectivity index (χ2n) is 4.29. The molecule has 1 amide bonds. The standard InChI is InChI=1S/C13H12F3N3O2/c1-8-7-10(19(2)18-8)12(20)17-9-5-3-4-6-11(9)21-13(14,15)16/h3-7H,1-2H3,(H,17,20). The number of ether oxygens (including phenoxy) is 1. The van der Waals surface area contributed by atoms with Gasteiger partial charge in [0.05, 0.1) is 11.4 Å². The number of nitrogens with one attached hydrogen (secondary N) is 1. The summed E-state index contributed by atoms with van der Waals surface area (Å²) in [6.07, 6.45) is -4.83. The third-order valence-corrected chi connectivity index (χ3v) is 2.60. The molecule has 0 aliphatic carbocycles. The number of alkyl halides is 3. The zero-order valence-corrected chi connectivity index (χ0v) is 11.2. The fourth-order valence-corrected chi connectivity index (χ4v) is 1.79. The second kappa shape index (κ2) is 5.47. The zero-order valence-electron chi connectivity index (χ0n) is 11.2. The Morgan fingerprint density at radius 1 is 1.33 bits per heavy atom. The maximum Gasteiger partial charge on any atom is 0.573 e. The topological polar surface area (TPSA) is 56.1 Å². The molecule has 0 fully saturated rings. The van der Waals surface area contributed by atoms with Gasteiger partial charge < -0.3 is 10.1 Å². The summed E-state index contributed by atoms with van der Waals surface area (Å²) in [6, 6.07) is 6.85. The van der Waals surface area contributed by atoms with Crippen molar-refractivity contribution < 1.29 is 22.7 Å². The summed E-state index contributed by atoms with van der Waals surface area (Å²) >= 11 is 0. The molecule has 0 aliphatic rings. The van der Waals surface area contributed by atoms with Gasteiger partial charge in [0, 0.05) is 7.05 Å². The van der Waals surface area contributed by atoms with Crippen LogP contribution in [0, 0.1) is 6.92 Å². The Balaban J connectivity index is 2.24. The van der Waals surface area contributed by atoms with Gasteiger partial charge in [0.1, 0.15) is 5.69 Å². The van der Waals surface area contributed by atoms with Crippen molar-refractivity contribution in [3.8, 4) is 5.75 Å². The number of carbonyl (C=O) groups is 1. The summed E-state index contributed by atoms with van der Waals surface area (Å²) in [4.78, 5) is 12.1. The van der Waals surface area contributed by atoms with E-state index in [0.29, 0.717) is 5.69 Å². The van der Waals surface area contributed by atoms with Crippen LogP contribution in [0.4, 0.5) is 18.9 Å². The lowest BCUT2D eigenvalue weighted by atomic mass is 10.2. The van der Waals surface area contributed by atoms with E-state index in [0.717, 1.165) is 6.07 Å². The van der Waals surface area contributed by atoms with Gasteiger partial charge in [-0.05, 0) is 25.1 Å². The number of anilines is 1. The van der Waals surface area contributed by atoms with Crippen LogP contribution < -0.4 is 10.1 Å². The Kier molecular flexibility index (Phi) is 3.88. The number of halogens is 3. The molecule has 0 saturated heterocycles. The summed E-state index contributed by atoms with van der Waals surface area (Å²) in [6.45, 7) is 1.71. The Morgan fingerprint density at radius 3 is 2.57 bits per heavy atom. The van der Waals surface area contributed by atoms with Crippen LogP contribution in [0.3, 0.4) is 0 Å². The van der Waals surface area contributed by atoms with Gasteiger partial charge in [-0.1, -0.05) is 12.1 Å². The number of carbonyl (C=O) groups excluding carboxylic acids is 1. The number of rotatable bonds is 3. The zero-order chi connectivity index (χ0) is 15.6. The maximum absolute atomic E-state index is 12.3. The quantitative estimate of drug-likeness (QED) is 0.948. The van der Waals surface area contributed by atoms with Crippen molar-refractivity contribution in [2.45, 2.75) is 13.3 Å². The highest BCUT2D eigenvalue weighted by Crippen LogP contribution is 2.30. The lowest BCUT2D eigenvalue weighted by Crippen LogP contribution is -2.20. The first kappa shape index (κ1) is 14.9. The van der Waals surface area contributed by atoms with Gasteiger partial charge >= 0.3 is 6.36 Å². The molecule has 1 aromatic heterocycles. The first-order chi connectivity index (χ1) is 9.76. The molecule has 0 saturated carbocycles. The number of hydrogen-bond donors (Lipinski definition) is 1. The molecule has 2 aromatic rings. The molecule has 0 bridgehead atoms. The summed E-state index contributed by atoms with van der Waals surface area (Å²) in [5.74, 6) is -1.05. The van der Waals surface area contributed by atoms with Crippen molar-refractivity contribution in [2.24, 2.45) is 7.05 Å². The normalized spacial score (nSPS) is 11.3. The van der Waals surface area contributed by atoms with Crippen molar-refractivity contribution in [3.05, 3.63) is 41.7 Å². The van der Waals surface area contributed by atoms with E-state index >= 15 is 0 Å². The molecule has 1 N–H and O–H groups in total. The lowest BCUT2D eigenvalue weighted by Gasteiger charge is -2.13. The Morgan fingerprint density at radius 2 is 2.00 bits per heavy atom. The van der Waals surface area contributed by atoms with Crippen molar-refractivity contribution in [2.75, 3.05) is 5.32 Å². The SMILES string of the molecule is Cc1cc(C(=O)Nc2ccccc2OC(F)(F)F)n(C)n1. The van der Waals surface area contributed by atoms with Crippen LogP contribution >= 0.6 is 0 Å². The molecule has 1 heterocycles. The predicted octanol–water partition coefficient (Wildman–Crippen LogP) is 2.88. The van der Waals surface area contributed by atoms with Gasteiger partial charge in [-0.25, -0.2) is 0 Å². The first-order valence-corrected chi connectivity index (χ1v) is 5.93. The summed E-state index contributed by atoms with van der Waals surface area (Å²) in [7, 11) is 1.57. The van der Waals surface area contributed by atoms with E-state index in [4.69, 9.17) is 0 Å². The highest BCUT2D eigenvalue weighted by atomic mass is 19.4. The molecule has 0 unspecified atom stereocenters. The minimum Gasteiger partial charge on any atom is -0.404 e. The van der Waals surface area contributed by atoms with Crippen LogP contribution in [0.5, 0.6) is 5.75 Å². The molecular formula is C13H12F3N3O2. The van der Waals surface area contributed by atoms with Crippen molar-refractivity contribution in [1.29, 1.82) is 0 Å². The molecule has 0 spiro atoms. The smallest absolute Gasteiger partial charge is 0.404 e. The lowest BCUT2D eigenvalue weighted by molar-refractivity contribution is -0.274. The number of benzene rings is 1. The van der Waals surface area contributed by atoms with E-state index in [2.05, 4.69) is 15.2 Å². The minimum atomic E-state index is -4.83. The molecule has 21 heavy (non-hydrogen) atoms. The summed E-state index contributed by atoms with van der Waals surface area (Å²) in [5.41, 5.74) is 0.787. The van der Waals surface area contributed by atoms with Crippen LogP contribution in [0.25, 0.3) is 0 Å². The third-order valence-electron chi connectivity index (χ3n) is 2.60. The number of aryl methyl sites for hydroxylation is 2. The van der Waals surface area contributed by atoms with E-state index in [1.165, 1.54) is 28.9 Å². The number of para-hydroxylation sites is 2. The monoisotopic (exact) mass is 299 g/mol. The number of aromatic nitrogens is 2. The summed E-state index contributed by atoms with van der Waals surface area (Å²) < 4.78 is 42.1. The van der Waals surface area contributed by atoms with Gasteiger partial charge in [0.15, 0.2) is 5.75 Å². The van der Waals surface area contributed by atoms with Gasteiger partial charge in [-0.2, -0.15) is 5.10 Å². The van der Waals surface area contributed by atoms with Crippen LogP contribution in [0.15, 0.2) is 30.3 Å². The van der Waals surface area contributed by atoms with Crippen molar-refractivity contribution >= 4 is 11.6 Å². The maximum atomic E-state index is 12.3. The van der Waals surface area contributed by atoms with Gasteiger partial charge in [0.2, 0.25) is 0 Å². The largest absolute Gasteiger partial charge is 0.573 e. The third kappa shape index (κ3) is 3.74. The molecular weight excluding hydrogens is 287 g/mol. The Labute approximate surface area is 118 Å². The fourth-order valence-electron chi connectivity index (χ4n) is 1.79. The minimum absolute atomic E-state index is 0.0707. The van der Waals surface area contributed by atoms with Crippen molar-refractivity contribution in [1.82, 2.24) is 9.78 Å². The highest BCUT2D eigenvalue weighted by Gasteiger charge is 2.32. The number of nitrogens with zero attached hydrogens (tertiary/aromatic N) is 2. The molecule has 0 aliphatic heterocycles. The molecule has 112 valence electrons. The molecule has 0 radical (unpaired) electrons. The molecule has 0 atom stereocenters. The summed E-state index contributed by atoms with van der Waals surface area (Å²) in [5, 5.41) is 6.38. The van der Waals surface area contributed by atoms with E-state index < -0.39 is 18.0 Å². The van der Waals surface area contributed by atoms with E-state index in [-0.39, 0.29) is 11.4 Å². The van der Waals surface area contributed by atoms with Crippen LogP contribution in [0.1, 0.15) is 16.2 Å². The Hall–Kier alpha value is -2.51. The Bertz CT molecular complexity index is 665. The van der Waals surface area contributed by atoms with E-state index in [9.17, 15) is 18.0 Å². The highest BCUT2D eigenvalue weighted by molar-refractivity contribution is 6.03. The first-order valence-electron chi connectivity index (χ1n) is 5.93. The van der Waals surface area contributed by atoms with Gasteiger partial charge in [-0.3, -0.25) is 9.48 Å². The van der Waals surface area contributed by atoms with Gasteiger partial charge in [-0.15, -0.1) is 13.2 Å². The van der Waals surface area contributed by atoms with E-state index in [1.807, 2.05) is 0 Å². The van der Waals surface area contributed by atoms with Gasteiger partial charge in [0.25, 0.3) is 5.91 Å². The fraction of sp³-hybridized carbons (Fsp3) is 0.231. The molecule has 5 nitrogen and oxygen atoms in total. The second-order valence-corrected chi connectivity index (χ2v) is 4.29. The van der Waals surface area contributed by atoms with Crippen molar-refractivity contribution in [3.63, 3.8) is 0 Å². The van der Waals surface area contributed by atoms with E-state index in [1.54, 1.807) is 14.0 Å². The predicted molar refractivity (Wildman–Crippen MR) is 69.0 cm³/mol. The number of hydrogen-bond acceptors (Lipinski definition) is 3.